The summed E-state index contributed by atoms with van der Waals surface area (Å²) in [4.78, 5) is 27.1. The number of hydrogen-bond acceptors (Lipinski definition) is 3. The Labute approximate surface area is 151 Å². The summed E-state index contributed by atoms with van der Waals surface area (Å²) in [6.07, 6.45) is 0. The van der Waals surface area contributed by atoms with Crippen molar-refractivity contribution >= 4 is 29.1 Å². The van der Waals surface area contributed by atoms with Crippen LogP contribution < -0.4 is 5.32 Å². The van der Waals surface area contributed by atoms with E-state index in [9.17, 15) is 14.7 Å². The summed E-state index contributed by atoms with van der Waals surface area (Å²) < 4.78 is 0. The quantitative estimate of drug-likeness (QED) is 0.819. The number of rotatable bonds is 4. The second-order valence-corrected chi connectivity index (χ2v) is 6.87. The number of carbonyl (C=O) groups is 2. The molecule has 0 aliphatic carbocycles. The second kappa shape index (κ2) is 6.76. The van der Waals surface area contributed by atoms with Gasteiger partial charge in [0.25, 0.3) is 5.91 Å². The van der Waals surface area contributed by atoms with E-state index in [-0.39, 0.29) is 29.2 Å². The van der Waals surface area contributed by atoms with Crippen LogP contribution >= 0.6 is 11.6 Å². The van der Waals surface area contributed by atoms with E-state index in [1.165, 1.54) is 18.2 Å². The van der Waals surface area contributed by atoms with Gasteiger partial charge in [-0.05, 0) is 35.7 Å². The molecule has 0 saturated heterocycles. The first-order valence-corrected chi connectivity index (χ1v) is 8.44. The number of fused-ring (bicyclic) bond motifs is 1. The molecule has 2 aromatic rings. The van der Waals surface area contributed by atoms with Crippen LogP contribution in [0.2, 0.25) is 5.02 Å². The first kappa shape index (κ1) is 17.3. The predicted molar refractivity (Wildman–Crippen MR) is 96.7 cm³/mol. The Bertz CT molecular complexity index is 835. The molecule has 0 radical (unpaired) electrons. The van der Waals surface area contributed by atoms with Crippen molar-refractivity contribution in [1.29, 1.82) is 0 Å². The fraction of sp³-hybridized carbons (Fsp3) is 0.263. The van der Waals surface area contributed by atoms with Crippen molar-refractivity contribution in [1.82, 2.24) is 4.90 Å². The highest BCUT2D eigenvalue weighted by molar-refractivity contribution is 6.31. The van der Waals surface area contributed by atoms with Gasteiger partial charge in [-0.15, -0.1) is 0 Å². The highest BCUT2D eigenvalue weighted by Gasteiger charge is 2.38. The highest BCUT2D eigenvalue weighted by atomic mass is 35.5. The van der Waals surface area contributed by atoms with Gasteiger partial charge in [-0.25, -0.2) is 0 Å². The van der Waals surface area contributed by atoms with Gasteiger partial charge in [-0.2, -0.15) is 0 Å². The molecule has 0 unspecified atom stereocenters. The molecule has 5 nitrogen and oxygen atoms in total. The molecule has 0 fully saturated rings. The minimum atomic E-state index is -0.654. The molecule has 1 aliphatic rings. The lowest BCUT2D eigenvalue weighted by Gasteiger charge is -2.30. The Morgan fingerprint density at radius 1 is 1.24 bits per heavy atom. The number of phenolic OH excluding ortho intramolecular Hbond substituents is 1. The molecule has 2 N–H and O–H groups in total. The number of benzene rings is 2. The first-order valence-electron chi connectivity index (χ1n) is 8.06. The molecular formula is C19H19ClN2O3. The van der Waals surface area contributed by atoms with Gasteiger partial charge in [0.1, 0.15) is 11.8 Å². The van der Waals surface area contributed by atoms with Crippen LogP contribution in [0, 0.1) is 5.92 Å². The summed E-state index contributed by atoms with van der Waals surface area (Å²) in [5.74, 6) is -0.677. The van der Waals surface area contributed by atoms with Crippen LogP contribution in [0.4, 0.5) is 5.69 Å². The molecule has 2 amide bonds. The van der Waals surface area contributed by atoms with Gasteiger partial charge in [0.2, 0.25) is 5.91 Å². The third-order valence-corrected chi connectivity index (χ3v) is 4.54. The van der Waals surface area contributed by atoms with Crippen LogP contribution in [-0.2, 0) is 11.3 Å². The molecule has 0 bridgehead atoms. The maximum Gasteiger partial charge on any atom is 0.255 e. The van der Waals surface area contributed by atoms with E-state index in [0.29, 0.717) is 17.1 Å². The lowest BCUT2D eigenvalue weighted by atomic mass is 10.0. The molecule has 25 heavy (non-hydrogen) atoms. The van der Waals surface area contributed by atoms with Crippen LogP contribution in [0.25, 0.3) is 0 Å². The monoisotopic (exact) mass is 358 g/mol. The van der Waals surface area contributed by atoms with Crippen molar-refractivity contribution in [3.05, 3.63) is 58.6 Å². The largest absolute Gasteiger partial charge is 0.506 e. The van der Waals surface area contributed by atoms with Crippen LogP contribution in [0.3, 0.4) is 0 Å². The molecule has 2 aromatic carbocycles. The molecule has 130 valence electrons. The Morgan fingerprint density at radius 3 is 2.64 bits per heavy atom. The van der Waals surface area contributed by atoms with E-state index in [1.807, 2.05) is 32.0 Å². The van der Waals surface area contributed by atoms with E-state index in [0.717, 1.165) is 5.56 Å². The number of phenols is 1. The van der Waals surface area contributed by atoms with E-state index < -0.39 is 6.04 Å². The molecule has 1 heterocycles. The lowest BCUT2D eigenvalue weighted by molar-refractivity contribution is -0.122. The lowest BCUT2D eigenvalue weighted by Crippen LogP contribution is -2.47. The van der Waals surface area contributed by atoms with E-state index >= 15 is 0 Å². The number of aromatic hydroxyl groups is 1. The zero-order valence-corrected chi connectivity index (χ0v) is 14.7. The summed E-state index contributed by atoms with van der Waals surface area (Å²) in [6, 6.07) is 11.1. The van der Waals surface area contributed by atoms with Crippen LogP contribution in [-0.4, -0.2) is 27.9 Å². The summed E-state index contributed by atoms with van der Waals surface area (Å²) >= 11 is 5.93. The zero-order chi connectivity index (χ0) is 18.1. The van der Waals surface area contributed by atoms with Crippen molar-refractivity contribution in [2.75, 3.05) is 5.32 Å². The topological polar surface area (TPSA) is 69.6 Å². The van der Waals surface area contributed by atoms with E-state index in [2.05, 4.69) is 5.32 Å². The Hall–Kier alpha value is -2.53. The molecule has 6 heteroatoms. The summed E-state index contributed by atoms with van der Waals surface area (Å²) in [5.41, 5.74) is 1.77. The summed E-state index contributed by atoms with van der Waals surface area (Å²) in [5, 5.41) is 13.0. The van der Waals surface area contributed by atoms with Crippen molar-refractivity contribution in [2.24, 2.45) is 5.92 Å². The van der Waals surface area contributed by atoms with Gasteiger partial charge in [0, 0.05) is 17.1 Å². The number of carbonyl (C=O) groups excluding carboxylic acids is 2. The number of amides is 2. The van der Waals surface area contributed by atoms with Gasteiger partial charge in [-0.3, -0.25) is 9.59 Å². The second-order valence-electron chi connectivity index (χ2n) is 6.43. The number of nitrogens with zero attached hydrogens (tertiary/aromatic N) is 1. The first-order chi connectivity index (χ1) is 11.9. The third-order valence-electron chi connectivity index (χ3n) is 4.30. The Balaban J connectivity index is 1.86. The minimum Gasteiger partial charge on any atom is -0.506 e. The van der Waals surface area contributed by atoms with Crippen molar-refractivity contribution in [3.8, 4) is 5.75 Å². The normalized spacial score (nSPS) is 14.6. The molecule has 1 aliphatic heterocycles. The number of halogens is 1. The molecule has 0 aromatic heterocycles. The van der Waals surface area contributed by atoms with Gasteiger partial charge >= 0.3 is 0 Å². The van der Waals surface area contributed by atoms with Crippen LogP contribution in [0.15, 0.2) is 42.5 Å². The Kier molecular flexibility index (Phi) is 4.68. The predicted octanol–water partition coefficient (Wildman–Crippen LogP) is 3.66. The number of anilines is 1. The standard InChI is InChI=1S/C19H19ClN2O3/c1-11(2)17(18(24)21-15-9-13(20)7-8-16(15)23)22-10-12-5-3-4-6-14(12)19(22)25/h3-9,11,17,23H,10H2,1-2H3,(H,21,24)/t17-/m0/s1. The smallest absolute Gasteiger partial charge is 0.255 e. The average molecular weight is 359 g/mol. The van der Waals surface area contributed by atoms with Gasteiger partial charge in [0.05, 0.1) is 5.69 Å². The summed E-state index contributed by atoms with van der Waals surface area (Å²) in [6.45, 7) is 4.17. The van der Waals surface area contributed by atoms with Gasteiger partial charge in [0.15, 0.2) is 0 Å². The molecule has 0 saturated carbocycles. The van der Waals surface area contributed by atoms with Crippen molar-refractivity contribution in [3.63, 3.8) is 0 Å². The fourth-order valence-corrected chi connectivity index (χ4v) is 3.29. The van der Waals surface area contributed by atoms with E-state index in [1.54, 1.807) is 11.0 Å². The van der Waals surface area contributed by atoms with Crippen molar-refractivity contribution < 1.29 is 14.7 Å². The number of nitrogens with one attached hydrogen (secondary N) is 1. The molecular weight excluding hydrogens is 340 g/mol. The minimum absolute atomic E-state index is 0.0729. The molecule has 3 rings (SSSR count). The zero-order valence-electron chi connectivity index (χ0n) is 14.0. The fourth-order valence-electron chi connectivity index (χ4n) is 3.12. The third kappa shape index (κ3) is 3.33. The SMILES string of the molecule is CC(C)[C@@H](C(=O)Nc1cc(Cl)ccc1O)N1Cc2ccccc2C1=O. The van der Waals surface area contributed by atoms with E-state index in [4.69, 9.17) is 11.6 Å². The summed E-state index contributed by atoms with van der Waals surface area (Å²) in [7, 11) is 0. The van der Waals surface area contributed by atoms with Crippen molar-refractivity contribution in [2.45, 2.75) is 26.4 Å². The maximum atomic E-state index is 12.8. The maximum absolute atomic E-state index is 12.8. The Morgan fingerprint density at radius 2 is 1.96 bits per heavy atom. The van der Waals surface area contributed by atoms with Crippen LogP contribution in [0.1, 0.15) is 29.8 Å². The molecule has 0 spiro atoms. The highest BCUT2D eigenvalue weighted by Crippen LogP contribution is 2.30. The van der Waals surface area contributed by atoms with Gasteiger partial charge < -0.3 is 15.3 Å². The van der Waals surface area contributed by atoms with Crippen LogP contribution in [0.5, 0.6) is 5.75 Å². The van der Waals surface area contributed by atoms with Gasteiger partial charge in [-0.1, -0.05) is 43.6 Å². The molecule has 1 atom stereocenters. The average Bonchev–Trinajstić information content (AvgIpc) is 2.88. The number of hydrogen-bond donors (Lipinski definition) is 2.